The van der Waals surface area contributed by atoms with E-state index in [2.05, 4.69) is 4.90 Å². The summed E-state index contributed by atoms with van der Waals surface area (Å²) in [4.78, 5) is 27.3. The Morgan fingerprint density at radius 2 is 1.96 bits per heavy atom. The van der Waals surface area contributed by atoms with E-state index in [-0.39, 0.29) is 11.6 Å². The van der Waals surface area contributed by atoms with E-state index in [1.807, 2.05) is 7.05 Å². The number of amides is 1. The van der Waals surface area contributed by atoms with Gasteiger partial charge in [0.05, 0.1) is 16.7 Å². The highest BCUT2D eigenvalue weighted by Crippen LogP contribution is 2.31. The van der Waals surface area contributed by atoms with Crippen molar-refractivity contribution in [3.05, 3.63) is 52.3 Å². The summed E-state index contributed by atoms with van der Waals surface area (Å²) >= 11 is 0. The number of carbonyl (C=O) groups is 1. The largest absolute Gasteiger partial charge is 0.464 e. The zero-order valence-electron chi connectivity index (χ0n) is 12.8. The second-order valence-electron chi connectivity index (χ2n) is 5.56. The molecular weight excluding hydrogens is 298 g/mol. The molecule has 1 aromatic carbocycles. The number of nitrogens with zero attached hydrogens (tertiary/aromatic N) is 3. The van der Waals surface area contributed by atoms with E-state index in [1.54, 1.807) is 29.2 Å². The van der Waals surface area contributed by atoms with Gasteiger partial charge in [0, 0.05) is 37.8 Å². The van der Waals surface area contributed by atoms with Crippen LogP contribution in [0.5, 0.6) is 0 Å². The average molecular weight is 315 g/mol. The molecule has 23 heavy (non-hydrogen) atoms. The van der Waals surface area contributed by atoms with Gasteiger partial charge in [-0.05, 0) is 31.3 Å². The molecule has 1 aromatic heterocycles. The quantitative estimate of drug-likeness (QED) is 0.641. The predicted octanol–water partition coefficient (Wildman–Crippen LogP) is 2.24. The van der Waals surface area contributed by atoms with Crippen molar-refractivity contribution in [3.63, 3.8) is 0 Å². The Bertz CT molecular complexity index is 719. The minimum Gasteiger partial charge on any atom is -0.464 e. The molecule has 7 nitrogen and oxygen atoms in total. The average Bonchev–Trinajstić information content (AvgIpc) is 3.08. The molecule has 1 amide bonds. The van der Waals surface area contributed by atoms with Crippen LogP contribution in [0.4, 0.5) is 5.69 Å². The van der Waals surface area contributed by atoms with Crippen LogP contribution >= 0.6 is 0 Å². The van der Waals surface area contributed by atoms with Crippen LogP contribution in [-0.4, -0.2) is 53.9 Å². The van der Waals surface area contributed by atoms with E-state index in [4.69, 9.17) is 4.42 Å². The van der Waals surface area contributed by atoms with Gasteiger partial charge in [0.1, 0.15) is 5.76 Å². The maximum atomic E-state index is 12.5. The summed E-state index contributed by atoms with van der Waals surface area (Å²) in [6, 6.07) is 7.84. The van der Waals surface area contributed by atoms with Gasteiger partial charge in [-0.3, -0.25) is 14.9 Å². The first kappa shape index (κ1) is 15.2. The fourth-order valence-electron chi connectivity index (χ4n) is 2.65. The van der Waals surface area contributed by atoms with Crippen LogP contribution in [0.2, 0.25) is 0 Å². The fourth-order valence-corrected chi connectivity index (χ4v) is 2.65. The van der Waals surface area contributed by atoms with E-state index in [0.717, 1.165) is 13.1 Å². The summed E-state index contributed by atoms with van der Waals surface area (Å²) in [5.74, 6) is 0.238. The van der Waals surface area contributed by atoms with E-state index in [0.29, 0.717) is 30.0 Å². The summed E-state index contributed by atoms with van der Waals surface area (Å²) in [5, 5.41) is 11.3. The molecule has 3 rings (SSSR count). The molecule has 1 aliphatic rings. The van der Waals surface area contributed by atoms with Crippen molar-refractivity contribution in [2.45, 2.75) is 0 Å². The van der Waals surface area contributed by atoms with Crippen molar-refractivity contribution in [2.75, 3.05) is 33.2 Å². The lowest BCUT2D eigenvalue weighted by Crippen LogP contribution is -2.47. The van der Waals surface area contributed by atoms with Crippen LogP contribution in [0.3, 0.4) is 0 Å². The SMILES string of the molecule is CN1CCN(C(=O)c2ccc(-c3ccco3)c([N+](=O)[O-])c2)CC1. The lowest BCUT2D eigenvalue weighted by molar-refractivity contribution is -0.384. The highest BCUT2D eigenvalue weighted by Gasteiger charge is 2.24. The molecule has 0 unspecified atom stereocenters. The van der Waals surface area contributed by atoms with Crippen LogP contribution in [0.25, 0.3) is 11.3 Å². The van der Waals surface area contributed by atoms with Crippen molar-refractivity contribution in [1.82, 2.24) is 9.80 Å². The molecule has 0 atom stereocenters. The van der Waals surface area contributed by atoms with Gasteiger partial charge in [-0.25, -0.2) is 0 Å². The number of nitro groups is 1. The highest BCUT2D eigenvalue weighted by molar-refractivity contribution is 5.96. The Labute approximate surface area is 133 Å². The molecule has 0 aliphatic carbocycles. The number of furan rings is 1. The van der Waals surface area contributed by atoms with Gasteiger partial charge in [0.2, 0.25) is 0 Å². The van der Waals surface area contributed by atoms with Gasteiger partial charge in [-0.1, -0.05) is 0 Å². The Morgan fingerprint density at radius 3 is 2.57 bits per heavy atom. The molecule has 2 aromatic rings. The number of piperazine rings is 1. The summed E-state index contributed by atoms with van der Waals surface area (Å²) in [6.45, 7) is 2.86. The van der Waals surface area contributed by atoms with Crippen molar-refractivity contribution in [1.29, 1.82) is 0 Å². The highest BCUT2D eigenvalue weighted by atomic mass is 16.6. The van der Waals surface area contributed by atoms with Gasteiger partial charge >= 0.3 is 0 Å². The van der Waals surface area contributed by atoms with Gasteiger partial charge in [-0.15, -0.1) is 0 Å². The Balaban J connectivity index is 1.90. The smallest absolute Gasteiger partial charge is 0.281 e. The maximum Gasteiger partial charge on any atom is 0.281 e. The molecule has 1 fully saturated rings. The molecule has 0 saturated carbocycles. The topological polar surface area (TPSA) is 79.8 Å². The van der Waals surface area contributed by atoms with Crippen LogP contribution in [0.15, 0.2) is 41.0 Å². The van der Waals surface area contributed by atoms with Gasteiger partial charge < -0.3 is 14.2 Å². The Kier molecular flexibility index (Phi) is 4.12. The number of benzene rings is 1. The lowest BCUT2D eigenvalue weighted by Gasteiger charge is -2.32. The first-order valence-corrected chi connectivity index (χ1v) is 7.36. The molecule has 0 N–H and O–H groups in total. The number of hydrogen-bond acceptors (Lipinski definition) is 5. The number of nitro benzene ring substituents is 1. The number of likely N-dealkylation sites (N-methyl/N-ethyl adjacent to an activating group) is 1. The van der Waals surface area contributed by atoms with Crippen molar-refractivity contribution < 1.29 is 14.1 Å². The standard InChI is InChI=1S/C16H17N3O4/c1-17-6-8-18(9-7-17)16(20)12-4-5-13(14(11-12)19(21)22)15-3-2-10-23-15/h2-5,10-11H,6-9H2,1H3. The Morgan fingerprint density at radius 1 is 1.22 bits per heavy atom. The zero-order valence-corrected chi connectivity index (χ0v) is 12.8. The van der Waals surface area contributed by atoms with Crippen molar-refractivity contribution in [3.8, 4) is 11.3 Å². The first-order chi connectivity index (χ1) is 11.1. The molecule has 0 spiro atoms. The summed E-state index contributed by atoms with van der Waals surface area (Å²) < 4.78 is 5.23. The predicted molar refractivity (Wildman–Crippen MR) is 84.2 cm³/mol. The lowest BCUT2D eigenvalue weighted by atomic mass is 10.1. The van der Waals surface area contributed by atoms with Crippen molar-refractivity contribution >= 4 is 11.6 Å². The summed E-state index contributed by atoms with van der Waals surface area (Å²) in [6.07, 6.45) is 1.46. The van der Waals surface area contributed by atoms with Crippen LogP contribution in [0.1, 0.15) is 10.4 Å². The minimum atomic E-state index is -0.487. The third kappa shape index (κ3) is 3.09. The molecule has 1 aliphatic heterocycles. The number of hydrogen-bond donors (Lipinski definition) is 0. The molecule has 120 valence electrons. The van der Waals surface area contributed by atoms with E-state index < -0.39 is 4.92 Å². The monoisotopic (exact) mass is 315 g/mol. The third-order valence-corrected chi connectivity index (χ3v) is 4.02. The maximum absolute atomic E-state index is 12.5. The molecule has 0 bridgehead atoms. The van der Waals surface area contributed by atoms with Crippen LogP contribution < -0.4 is 0 Å². The van der Waals surface area contributed by atoms with Crippen LogP contribution in [0, 0.1) is 10.1 Å². The fraction of sp³-hybridized carbons (Fsp3) is 0.312. The molecular formula is C16H17N3O4. The normalized spacial score (nSPS) is 15.6. The zero-order chi connectivity index (χ0) is 16.4. The molecule has 1 saturated heterocycles. The van der Waals surface area contributed by atoms with Gasteiger partial charge in [0.15, 0.2) is 0 Å². The van der Waals surface area contributed by atoms with E-state index >= 15 is 0 Å². The van der Waals surface area contributed by atoms with E-state index in [1.165, 1.54) is 12.3 Å². The molecule has 2 heterocycles. The van der Waals surface area contributed by atoms with Crippen molar-refractivity contribution in [2.24, 2.45) is 0 Å². The van der Waals surface area contributed by atoms with Gasteiger partial charge in [-0.2, -0.15) is 0 Å². The minimum absolute atomic E-state index is 0.125. The molecule has 0 radical (unpaired) electrons. The van der Waals surface area contributed by atoms with E-state index in [9.17, 15) is 14.9 Å². The van der Waals surface area contributed by atoms with Crippen LogP contribution in [-0.2, 0) is 0 Å². The number of carbonyl (C=O) groups excluding carboxylic acids is 1. The number of rotatable bonds is 3. The van der Waals surface area contributed by atoms with Gasteiger partial charge in [0.25, 0.3) is 11.6 Å². The molecule has 7 heteroatoms. The summed E-state index contributed by atoms with van der Waals surface area (Å²) in [7, 11) is 2.00. The first-order valence-electron chi connectivity index (χ1n) is 7.36. The second-order valence-corrected chi connectivity index (χ2v) is 5.56. The second kappa shape index (κ2) is 6.21. The third-order valence-electron chi connectivity index (χ3n) is 4.02. The Hall–Kier alpha value is -2.67. The summed E-state index contributed by atoms with van der Waals surface area (Å²) in [5.41, 5.74) is 0.575.